The summed E-state index contributed by atoms with van der Waals surface area (Å²) >= 11 is 1.64. The van der Waals surface area contributed by atoms with Crippen molar-refractivity contribution in [1.82, 2.24) is 15.1 Å². The number of rotatable bonds is 7. The van der Waals surface area contributed by atoms with Gasteiger partial charge < -0.3 is 15.1 Å². The molecule has 3 amide bonds. The van der Waals surface area contributed by atoms with Crippen molar-refractivity contribution in [1.29, 1.82) is 0 Å². The summed E-state index contributed by atoms with van der Waals surface area (Å²) in [5, 5.41) is 4.96. The van der Waals surface area contributed by atoms with E-state index in [4.69, 9.17) is 0 Å². The predicted octanol–water partition coefficient (Wildman–Crippen LogP) is 4.13. The summed E-state index contributed by atoms with van der Waals surface area (Å²) in [5.74, 6) is -0.341. The number of carbonyl (C=O) groups is 4. The smallest absolute Gasteiger partial charge is 0.251 e. The fourth-order valence-electron chi connectivity index (χ4n) is 6.13. The van der Waals surface area contributed by atoms with Gasteiger partial charge in [0.1, 0.15) is 12.1 Å². The third-order valence-corrected chi connectivity index (χ3v) is 8.88. The average molecular weight is 522 g/mol. The zero-order valence-electron chi connectivity index (χ0n) is 21.5. The van der Waals surface area contributed by atoms with Crippen molar-refractivity contribution in [2.45, 2.75) is 70.5 Å². The number of thiophene rings is 1. The summed E-state index contributed by atoms with van der Waals surface area (Å²) in [6.07, 6.45) is 4.98. The van der Waals surface area contributed by atoms with Crippen LogP contribution >= 0.6 is 11.3 Å². The van der Waals surface area contributed by atoms with Gasteiger partial charge in [0.25, 0.3) is 5.91 Å². The van der Waals surface area contributed by atoms with Crippen molar-refractivity contribution < 1.29 is 19.2 Å². The first kappa shape index (κ1) is 25.6. The molecule has 37 heavy (non-hydrogen) atoms. The van der Waals surface area contributed by atoms with Crippen molar-refractivity contribution in [3.63, 3.8) is 0 Å². The molecule has 0 radical (unpaired) electrons. The maximum atomic E-state index is 13.7. The van der Waals surface area contributed by atoms with Crippen LogP contribution in [0.1, 0.15) is 62.7 Å². The van der Waals surface area contributed by atoms with Gasteiger partial charge in [-0.25, -0.2) is 0 Å². The van der Waals surface area contributed by atoms with Gasteiger partial charge in [-0.1, -0.05) is 44.9 Å². The van der Waals surface area contributed by atoms with E-state index in [9.17, 15) is 19.2 Å². The second kappa shape index (κ2) is 10.8. The van der Waals surface area contributed by atoms with Crippen LogP contribution in [0.25, 0.3) is 10.4 Å². The van der Waals surface area contributed by atoms with Crippen molar-refractivity contribution >= 4 is 34.8 Å². The number of amides is 3. The maximum absolute atomic E-state index is 13.7. The molecule has 1 N–H and O–H groups in total. The third kappa shape index (κ3) is 5.21. The first-order chi connectivity index (χ1) is 17.8. The lowest BCUT2D eigenvalue weighted by atomic mass is 10.0. The van der Waals surface area contributed by atoms with Crippen LogP contribution in [-0.4, -0.2) is 64.5 Å². The average Bonchev–Trinajstić information content (AvgIpc) is 3.69. The summed E-state index contributed by atoms with van der Waals surface area (Å²) in [4.78, 5) is 57.5. The first-order valence-electron chi connectivity index (χ1n) is 13.4. The largest absolute Gasteiger partial charge is 0.340 e. The van der Waals surface area contributed by atoms with E-state index in [1.54, 1.807) is 33.3 Å². The van der Waals surface area contributed by atoms with E-state index in [1.807, 2.05) is 43.5 Å². The normalized spacial score (nSPS) is 22.5. The van der Waals surface area contributed by atoms with Crippen molar-refractivity contribution in [3.8, 4) is 10.4 Å². The molecule has 0 bridgehead atoms. The fourth-order valence-corrected chi connectivity index (χ4v) is 6.86. The van der Waals surface area contributed by atoms with Gasteiger partial charge in [0, 0.05) is 22.9 Å². The summed E-state index contributed by atoms with van der Waals surface area (Å²) in [6.45, 7) is 4.54. The summed E-state index contributed by atoms with van der Waals surface area (Å²) < 4.78 is 0. The SMILES string of the molecule is CC(C)CC(NC(=O)c1ccc(-c2cccs2)cc1)C(=O)N1CCC2C1C(=O)CN2C(=O)C1CCCC1. The Labute approximate surface area is 222 Å². The summed E-state index contributed by atoms with van der Waals surface area (Å²) in [6, 6.07) is 9.84. The van der Waals surface area contributed by atoms with Crippen LogP contribution in [0.3, 0.4) is 0 Å². The summed E-state index contributed by atoms with van der Waals surface area (Å²) in [7, 11) is 0. The Hall–Kier alpha value is -3.00. The monoisotopic (exact) mass is 521 g/mol. The van der Waals surface area contributed by atoms with E-state index >= 15 is 0 Å². The molecule has 8 heteroatoms. The molecule has 3 atom stereocenters. The van der Waals surface area contributed by atoms with Gasteiger partial charge in [0.05, 0.1) is 12.6 Å². The number of nitrogens with one attached hydrogen (secondary N) is 1. The lowest BCUT2D eigenvalue weighted by Crippen LogP contribution is -2.53. The van der Waals surface area contributed by atoms with Crippen LogP contribution in [0.5, 0.6) is 0 Å². The molecular formula is C29H35N3O4S. The Kier molecular flexibility index (Phi) is 7.47. The Balaban J connectivity index is 1.28. The van der Waals surface area contributed by atoms with Crippen molar-refractivity contribution in [3.05, 3.63) is 47.3 Å². The standard InChI is InChI=1S/C29H35N3O4S/c1-18(2)16-22(30-27(34)20-11-9-19(10-12-20)25-8-5-15-37-25)29(36)31-14-13-23-26(31)24(33)17-32(23)28(35)21-6-3-4-7-21/h5,8-12,15,18,21-23,26H,3-4,6-7,13-14,16-17H2,1-2H3,(H,30,34). The third-order valence-electron chi connectivity index (χ3n) is 7.96. The van der Waals surface area contributed by atoms with Gasteiger partial charge in [-0.2, -0.15) is 0 Å². The number of fused-ring (bicyclic) bond motifs is 1. The molecule has 196 valence electrons. The number of likely N-dealkylation sites (tertiary alicyclic amines) is 2. The van der Waals surface area contributed by atoms with Crippen molar-refractivity contribution in [2.24, 2.45) is 11.8 Å². The number of nitrogens with zero attached hydrogens (tertiary/aromatic N) is 2. The second-order valence-corrected chi connectivity index (χ2v) is 11.9. The topological polar surface area (TPSA) is 86.8 Å². The Morgan fingerprint density at radius 3 is 2.41 bits per heavy atom. The molecule has 3 fully saturated rings. The van der Waals surface area contributed by atoms with Crippen LogP contribution < -0.4 is 5.32 Å². The Morgan fingerprint density at radius 2 is 1.76 bits per heavy atom. The second-order valence-electron chi connectivity index (χ2n) is 11.0. The number of hydrogen-bond acceptors (Lipinski definition) is 5. The minimum Gasteiger partial charge on any atom is -0.340 e. The molecule has 3 aliphatic rings. The molecular weight excluding hydrogens is 486 g/mol. The highest BCUT2D eigenvalue weighted by molar-refractivity contribution is 7.13. The highest BCUT2D eigenvalue weighted by Crippen LogP contribution is 2.35. The van der Waals surface area contributed by atoms with E-state index < -0.39 is 12.1 Å². The highest BCUT2D eigenvalue weighted by atomic mass is 32.1. The predicted molar refractivity (Wildman–Crippen MR) is 143 cm³/mol. The minimum absolute atomic E-state index is 0.00971. The van der Waals surface area contributed by atoms with Gasteiger partial charge in [0.2, 0.25) is 11.8 Å². The molecule has 2 aliphatic heterocycles. The van der Waals surface area contributed by atoms with E-state index in [0.29, 0.717) is 24.9 Å². The molecule has 2 aromatic rings. The molecule has 1 saturated carbocycles. The van der Waals surface area contributed by atoms with Gasteiger partial charge in [-0.05, 0) is 60.7 Å². The number of Topliss-reactive ketones (excluding diaryl/α,β-unsaturated/α-hetero) is 1. The molecule has 5 rings (SSSR count). The number of benzene rings is 1. The van der Waals surface area contributed by atoms with Gasteiger partial charge in [-0.3, -0.25) is 19.2 Å². The molecule has 2 saturated heterocycles. The molecule has 0 spiro atoms. The molecule has 1 aromatic heterocycles. The summed E-state index contributed by atoms with van der Waals surface area (Å²) in [5.41, 5.74) is 1.53. The van der Waals surface area contributed by atoms with Crippen molar-refractivity contribution in [2.75, 3.05) is 13.1 Å². The van der Waals surface area contributed by atoms with Crippen LogP contribution in [0.2, 0.25) is 0 Å². The molecule has 7 nitrogen and oxygen atoms in total. The first-order valence-corrected chi connectivity index (χ1v) is 14.3. The Bertz CT molecular complexity index is 1150. The molecule has 1 aliphatic carbocycles. The van der Waals surface area contributed by atoms with Crippen LogP contribution in [-0.2, 0) is 14.4 Å². The van der Waals surface area contributed by atoms with Gasteiger partial charge in [-0.15, -0.1) is 11.3 Å². The zero-order valence-corrected chi connectivity index (χ0v) is 22.3. The maximum Gasteiger partial charge on any atom is 0.251 e. The Morgan fingerprint density at radius 1 is 1.03 bits per heavy atom. The number of carbonyl (C=O) groups excluding carboxylic acids is 4. The van der Waals surface area contributed by atoms with E-state index in [-0.39, 0.29) is 47.9 Å². The molecule has 1 aromatic carbocycles. The van der Waals surface area contributed by atoms with Crippen LogP contribution in [0, 0.1) is 11.8 Å². The van der Waals surface area contributed by atoms with Crippen LogP contribution in [0.15, 0.2) is 41.8 Å². The van der Waals surface area contributed by atoms with E-state index in [2.05, 4.69) is 5.32 Å². The van der Waals surface area contributed by atoms with Crippen LogP contribution in [0.4, 0.5) is 0 Å². The number of hydrogen-bond donors (Lipinski definition) is 1. The molecule has 3 heterocycles. The highest BCUT2D eigenvalue weighted by Gasteiger charge is 2.53. The lowest BCUT2D eigenvalue weighted by Gasteiger charge is -2.29. The zero-order chi connectivity index (χ0) is 26.1. The number of ketones is 1. The van der Waals surface area contributed by atoms with Gasteiger partial charge >= 0.3 is 0 Å². The molecule has 3 unspecified atom stereocenters. The van der Waals surface area contributed by atoms with Gasteiger partial charge in [0.15, 0.2) is 5.78 Å². The quantitative estimate of drug-likeness (QED) is 0.594. The minimum atomic E-state index is -0.726. The van der Waals surface area contributed by atoms with E-state index in [0.717, 1.165) is 36.1 Å². The fraction of sp³-hybridized carbons (Fsp3) is 0.517. The lowest BCUT2D eigenvalue weighted by molar-refractivity contribution is -0.138. The van der Waals surface area contributed by atoms with E-state index in [1.165, 1.54) is 0 Å².